The minimum atomic E-state index is -0.625. The van der Waals surface area contributed by atoms with Crippen molar-refractivity contribution in [3.63, 3.8) is 0 Å². The summed E-state index contributed by atoms with van der Waals surface area (Å²) in [5, 5.41) is 9.91. The number of quaternary nitrogens is 1. The Labute approximate surface area is 284 Å². The number of benzene rings is 2. The van der Waals surface area contributed by atoms with E-state index in [0.717, 1.165) is 73.9 Å². The molecule has 0 bridgehead atoms. The van der Waals surface area contributed by atoms with Crippen LogP contribution in [0, 0.1) is 12.8 Å². The highest BCUT2D eigenvalue weighted by atomic mass is 16.7. The van der Waals surface area contributed by atoms with Crippen molar-refractivity contribution in [2.45, 2.75) is 52.3 Å². The summed E-state index contributed by atoms with van der Waals surface area (Å²) in [5.74, 6) is 0.891. The number of amides is 1. The first kappa shape index (κ1) is 34.9. The van der Waals surface area contributed by atoms with Crippen LogP contribution < -0.4 is 21.7 Å². The molecular weight excluding hydrogens is 606 g/mol. The van der Waals surface area contributed by atoms with E-state index in [4.69, 9.17) is 15.2 Å². The van der Waals surface area contributed by atoms with Crippen LogP contribution in [0.2, 0.25) is 0 Å². The number of piperazine rings is 1. The number of rotatable bonds is 11. The lowest BCUT2D eigenvalue weighted by Crippen LogP contribution is -2.58. The van der Waals surface area contributed by atoms with E-state index in [2.05, 4.69) is 32.9 Å². The number of nitrogens with zero attached hydrogens (tertiary/aromatic N) is 3. The summed E-state index contributed by atoms with van der Waals surface area (Å²) in [7, 11) is 2.11. The molecule has 3 heterocycles. The second kappa shape index (κ2) is 15.2. The summed E-state index contributed by atoms with van der Waals surface area (Å²) in [5.41, 5.74) is 11.4. The molecule has 2 aliphatic rings. The number of anilines is 2. The summed E-state index contributed by atoms with van der Waals surface area (Å²) in [6.45, 7) is 13.2. The van der Waals surface area contributed by atoms with Crippen LogP contribution in [-0.4, -0.2) is 79.0 Å². The molecule has 5 rings (SSSR count). The number of aryl methyl sites for hydroxylation is 1. The smallest absolute Gasteiger partial charge is 0.431 e. The largest absolute Gasteiger partial charge is 0.512 e. The van der Waals surface area contributed by atoms with E-state index in [0.29, 0.717) is 22.5 Å². The first-order valence-corrected chi connectivity index (χ1v) is 16.7. The molecule has 1 amide bonds. The Morgan fingerprint density at radius 1 is 1.10 bits per heavy atom. The van der Waals surface area contributed by atoms with Crippen LogP contribution >= 0.6 is 0 Å². The Morgan fingerprint density at radius 3 is 2.54 bits per heavy atom. The number of carbonyl (C=O) groups excluding carboxylic acids is 2. The predicted octanol–water partition coefficient (Wildman–Crippen LogP) is 5.16. The highest BCUT2D eigenvalue weighted by Gasteiger charge is 2.31. The van der Waals surface area contributed by atoms with Gasteiger partial charge in [-0.05, 0) is 79.3 Å². The summed E-state index contributed by atoms with van der Waals surface area (Å²) in [6.07, 6.45) is 5.53. The zero-order valence-electron chi connectivity index (χ0n) is 28.8. The van der Waals surface area contributed by atoms with Crippen molar-refractivity contribution in [3.8, 4) is 0 Å². The van der Waals surface area contributed by atoms with Gasteiger partial charge < -0.3 is 31.2 Å². The molecule has 0 aliphatic carbocycles. The summed E-state index contributed by atoms with van der Waals surface area (Å²) < 4.78 is 11.4. The Hall–Kier alpha value is -4.45. The van der Waals surface area contributed by atoms with Gasteiger partial charge >= 0.3 is 6.16 Å². The zero-order valence-corrected chi connectivity index (χ0v) is 28.8. The molecular formula is C37H50N7O4+. The molecule has 0 saturated carbocycles. The van der Waals surface area contributed by atoms with Crippen molar-refractivity contribution >= 4 is 23.4 Å². The lowest BCUT2D eigenvalue weighted by Gasteiger charge is -2.41. The molecule has 256 valence electrons. The SMILES string of the molecule is Cc1ccc(NC(=O)c2ccc(CN3CC[N+](C)(COC(=O)OC(C)C(C)C)CC3)cc2)cc1NC1=C[C@@](N)(c2cccnc2)CCN1. The van der Waals surface area contributed by atoms with Crippen molar-refractivity contribution in [3.05, 3.63) is 101 Å². The van der Waals surface area contributed by atoms with E-state index in [-0.39, 0.29) is 17.9 Å². The molecule has 2 aliphatic heterocycles. The van der Waals surface area contributed by atoms with Crippen LogP contribution in [0.15, 0.2) is 78.9 Å². The fourth-order valence-corrected chi connectivity index (χ4v) is 5.74. The van der Waals surface area contributed by atoms with Gasteiger partial charge in [-0.3, -0.25) is 19.2 Å². The molecule has 3 aromatic rings. The second-order valence-electron chi connectivity index (χ2n) is 13.8. The zero-order chi connectivity index (χ0) is 34.3. The van der Waals surface area contributed by atoms with E-state index in [1.807, 2.05) is 94.6 Å². The summed E-state index contributed by atoms with van der Waals surface area (Å²) in [4.78, 5) is 31.9. The number of hydrogen-bond donors (Lipinski definition) is 4. The van der Waals surface area contributed by atoms with Gasteiger partial charge in [-0.2, -0.15) is 0 Å². The maximum Gasteiger partial charge on any atom is 0.512 e. The van der Waals surface area contributed by atoms with Gasteiger partial charge in [0.15, 0.2) is 0 Å². The lowest BCUT2D eigenvalue weighted by atomic mass is 9.86. The number of likely N-dealkylation sites (N-methyl/N-ethyl adjacent to an activating group) is 1. The number of ether oxygens (including phenoxy) is 2. The molecule has 0 radical (unpaired) electrons. The van der Waals surface area contributed by atoms with Crippen LogP contribution in [0.4, 0.5) is 16.2 Å². The van der Waals surface area contributed by atoms with Gasteiger partial charge in [-0.15, -0.1) is 0 Å². The number of nitrogens with one attached hydrogen (secondary N) is 3. The predicted molar refractivity (Wildman–Crippen MR) is 188 cm³/mol. The average molecular weight is 657 g/mol. The van der Waals surface area contributed by atoms with E-state index >= 15 is 0 Å². The highest BCUT2D eigenvalue weighted by molar-refractivity contribution is 6.04. The van der Waals surface area contributed by atoms with Crippen molar-refractivity contribution in [2.24, 2.45) is 11.7 Å². The summed E-state index contributed by atoms with van der Waals surface area (Å²) in [6, 6.07) is 17.5. The highest BCUT2D eigenvalue weighted by Crippen LogP contribution is 2.29. The minimum absolute atomic E-state index is 0.170. The van der Waals surface area contributed by atoms with Gasteiger partial charge in [0.1, 0.15) is 11.9 Å². The molecule has 1 unspecified atom stereocenters. The van der Waals surface area contributed by atoms with Gasteiger partial charge in [0, 0.05) is 55.5 Å². The van der Waals surface area contributed by atoms with Crippen molar-refractivity contribution in [2.75, 3.05) is 57.1 Å². The Morgan fingerprint density at radius 2 is 1.85 bits per heavy atom. The molecule has 5 N–H and O–H groups in total. The van der Waals surface area contributed by atoms with Crippen LogP contribution in [-0.2, 0) is 21.6 Å². The molecule has 2 atom stereocenters. The Kier molecular flexibility index (Phi) is 11.0. The van der Waals surface area contributed by atoms with Crippen LogP contribution in [0.5, 0.6) is 0 Å². The van der Waals surface area contributed by atoms with Crippen LogP contribution in [0.3, 0.4) is 0 Å². The van der Waals surface area contributed by atoms with E-state index < -0.39 is 11.7 Å². The average Bonchev–Trinajstić information content (AvgIpc) is 3.07. The maximum absolute atomic E-state index is 13.2. The van der Waals surface area contributed by atoms with Gasteiger partial charge in [-0.25, -0.2) is 4.79 Å². The monoisotopic (exact) mass is 656 g/mol. The third-order valence-electron chi connectivity index (χ3n) is 9.47. The minimum Gasteiger partial charge on any atom is -0.431 e. The number of pyridine rings is 1. The molecule has 48 heavy (non-hydrogen) atoms. The molecule has 1 aromatic heterocycles. The quantitative estimate of drug-likeness (QED) is 0.163. The van der Waals surface area contributed by atoms with Crippen molar-refractivity contribution in [1.82, 2.24) is 15.2 Å². The number of nitrogens with two attached hydrogens (primary N) is 1. The van der Waals surface area contributed by atoms with Gasteiger partial charge in [0.25, 0.3) is 5.91 Å². The fourth-order valence-electron chi connectivity index (χ4n) is 5.74. The Balaban J connectivity index is 1.12. The first-order chi connectivity index (χ1) is 22.9. The van der Waals surface area contributed by atoms with Gasteiger partial charge in [0.05, 0.1) is 25.7 Å². The van der Waals surface area contributed by atoms with E-state index in [9.17, 15) is 9.59 Å². The van der Waals surface area contributed by atoms with Crippen molar-refractivity contribution < 1.29 is 23.5 Å². The second-order valence-corrected chi connectivity index (χ2v) is 13.8. The number of aromatic nitrogens is 1. The normalized spacial score (nSPS) is 19.9. The molecule has 1 fully saturated rings. The number of carbonyl (C=O) groups is 2. The first-order valence-electron chi connectivity index (χ1n) is 16.7. The number of hydrogen-bond acceptors (Lipinski definition) is 9. The lowest BCUT2D eigenvalue weighted by molar-refractivity contribution is -0.929. The third kappa shape index (κ3) is 9.12. The van der Waals surface area contributed by atoms with Crippen molar-refractivity contribution in [1.29, 1.82) is 0 Å². The van der Waals surface area contributed by atoms with E-state index in [1.54, 1.807) is 6.20 Å². The molecule has 11 heteroatoms. The van der Waals surface area contributed by atoms with Crippen LogP contribution in [0.1, 0.15) is 54.2 Å². The summed E-state index contributed by atoms with van der Waals surface area (Å²) >= 11 is 0. The topological polar surface area (TPSA) is 131 Å². The van der Waals surface area contributed by atoms with Gasteiger partial charge in [-0.1, -0.05) is 38.1 Å². The van der Waals surface area contributed by atoms with E-state index in [1.165, 1.54) is 0 Å². The third-order valence-corrected chi connectivity index (χ3v) is 9.47. The molecule has 0 spiro atoms. The molecule has 1 saturated heterocycles. The van der Waals surface area contributed by atoms with Crippen LogP contribution in [0.25, 0.3) is 0 Å². The maximum atomic E-state index is 13.2. The Bertz CT molecular complexity index is 1590. The molecule has 11 nitrogen and oxygen atoms in total. The standard InChI is InChI=1S/C37H49N7O4/c1-26(2)28(4)48-36(46)47-25-44(5)19-17-43(18-20-44)24-29-9-11-30(12-10-29)35(45)41-32-13-8-27(3)33(21-32)42-34-22-37(38,14-16-40-34)31-7-6-15-39-23-31/h6-13,15,21-23,26,28,40,42H,14,16-20,24-25,38H2,1-5H3/p+1/t28?,37-/m1/s1. The fraction of sp³-hybridized carbons (Fsp3) is 0.432. The molecule has 2 aromatic carbocycles. The van der Waals surface area contributed by atoms with Gasteiger partial charge in [0.2, 0.25) is 6.73 Å².